The van der Waals surface area contributed by atoms with E-state index < -0.39 is 0 Å². The highest BCUT2D eigenvalue weighted by atomic mass is 16.5. The number of rotatable bonds is 5. The molecule has 6 nitrogen and oxygen atoms in total. The van der Waals surface area contributed by atoms with Crippen molar-refractivity contribution in [3.8, 4) is 5.75 Å². The molecule has 3 aromatic rings. The molecule has 2 N–H and O–H groups in total. The van der Waals surface area contributed by atoms with E-state index >= 15 is 0 Å². The first kappa shape index (κ1) is 17.3. The van der Waals surface area contributed by atoms with Crippen LogP contribution in [0.25, 0.3) is 17.0 Å². The summed E-state index contributed by atoms with van der Waals surface area (Å²) < 4.78 is 10.8. The van der Waals surface area contributed by atoms with Crippen LogP contribution in [0.1, 0.15) is 12.7 Å². The van der Waals surface area contributed by atoms with Gasteiger partial charge in [0.15, 0.2) is 0 Å². The van der Waals surface area contributed by atoms with Gasteiger partial charge < -0.3 is 19.8 Å². The summed E-state index contributed by atoms with van der Waals surface area (Å²) in [5.41, 5.74) is 1.79. The lowest BCUT2D eigenvalue weighted by Crippen LogP contribution is -2.10. The number of benzene rings is 2. The minimum atomic E-state index is -0.315. The summed E-state index contributed by atoms with van der Waals surface area (Å²) in [4.78, 5) is 23.4. The molecule has 0 aliphatic carbocycles. The van der Waals surface area contributed by atoms with Crippen LogP contribution >= 0.6 is 0 Å². The van der Waals surface area contributed by atoms with Crippen molar-refractivity contribution in [1.29, 1.82) is 0 Å². The first-order valence-corrected chi connectivity index (χ1v) is 7.98. The average Bonchev–Trinajstić information content (AvgIpc) is 3.03. The molecule has 2 amide bonds. The standard InChI is InChI=1S/C20H18N2O4/c1-13(23)21-17-12-15(7-9-19(17)25-2)22-20(24)10-8-16-11-14-5-3-4-6-18(14)26-16/h3-12H,1-2H3,(H,21,23)(H,22,24)/b10-8+. The predicted octanol–water partition coefficient (Wildman–Crippen LogP) is 4.05. The van der Waals surface area contributed by atoms with E-state index in [1.807, 2.05) is 30.3 Å². The summed E-state index contributed by atoms with van der Waals surface area (Å²) in [6, 6.07) is 14.5. The Morgan fingerprint density at radius 2 is 1.88 bits per heavy atom. The molecule has 132 valence electrons. The molecule has 26 heavy (non-hydrogen) atoms. The van der Waals surface area contributed by atoms with E-state index in [1.54, 1.807) is 24.3 Å². The molecule has 0 saturated heterocycles. The van der Waals surface area contributed by atoms with Crippen molar-refractivity contribution in [2.24, 2.45) is 0 Å². The maximum atomic E-state index is 12.1. The van der Waals surface area contributed by atoms with Crippen molar-refractivity contribution in [1.82, 2.24) is 0 Å². The van der Waals surface area contributed by atoms with Crippen molar-refractivity contribution in [3.05, 3.63) is 60.4 Å². The Morgan fingerprint density at radius 3 is 2.62 bits per heavy atom. The van der Waals surface area contributed by atoms with E-state index in [4.69, 9.17) is 9.15 Å². The van der Waals surface area contributed by atoms with Gasteiger partial charge in [0.1, 0.15) is 17.1 Å². The monoisotopic (exact) mass is 350 g/mol. The molecule has 0 unspecified atom stereocenters. The number of ether oxygens (including phenoxy) is 1. The van der Waals surface area contributed by atoms with Gasteiger partial charge in [-0.05, 0) is 36.4 Å². The summed E-state index contributed by atoms with van der Waals surface area (Å²) in [5, 5.41) is 6.37. The topological polar surface area (TPSA) is 80.6 Å². The number of hydrogen-bond acceptors (Lipinski definition) is 4. The van der Waals surface area contributed by atoms with Crippen LogP contribution in [0.2, 0.25) is 0 Å². The van der Waals surface area contributed by atoms with Gasteiger partial charge in [-0.3, -0.25) is 9.59 Å². The van der Waals surface area contributed by atoms with Gasteiger partial charge >= 0.3 is 0 Å². The zero-order valence-electron chi connectivity index (χ0n) is 14.4. The third kappa shape index (κ3) is 4.10. The number of carbonyl (C=O) groups excluding carboxylic acids is 2. The summed E-state index contributed by atoms with van der Waals surface area (Å²) >= 11 is 0. The summed E-state index contributed by atoms with van der Waals surface area (Å²) in [5.74, 6) is 0.562. The van der Waals surface area contributed by atoms with Crippen molar-refractivity contribution in [2.75, 3.05) is 17.7 Å². The van der Waals surface area contributed by atoms with Crippen molar-refractivity contribution >= 4 is 40.2 Å². The van der Waals surface area contributed by atoms with Crippen molar-refractivity contribution in [3.63, 3.8) is 0 Å². The second kappa shape index (κ2) is 7.57. The number of hydrogen-bond donors (Lipinski definition) is 2. The van der Waals surface area contributed by atoms with E-state index in [-0.39, 0.29) is 11.8 Å². The molecule has 0 aliphatic heterocycles. The van der Waals surface area contributed by atoms with Gasteiger partial charge in [0.2, 0.25) is 11.8 Å². The molecule has 0 atom stereocenters. The number of para-hydroxylation sites is 1. The predicted molar refractivity (Wildman–Crippen MR) is 101 cm³/mol. The molecule has 6 heteroatoms. The maximum absolute atomic E-state index is 12.1. The molecule has 0 radical (unpaired) electrons. The minimum Gasteiger partial charge on any atom is -0.495 e. The maximum Gasteiger partial charge on any atom is 0.248 e. The highest BCUT2D eigenvalue weighted by molar-refractivity contribution is 6.02. The molecule has 0 spiro atoms. The van der Waals surface area contributed by atoms with Crippen LogP contribution < -0.4 is 15.4 Å². The Morgan fingerprint density at radius 1 is 1.08 bits per heavy atom. The van der Waals surface area contributed by atoms with Gasteiger partial charge in [0, 0.05) is 24.1 Å². The van der Waals surface area contributed by atoms with E-state index in [1.165, 1.54) is 20.1 Å². The molecule has 0 bridgehead atoms. The Balaban J connectivity index is 1.71. The van der Waals surface area contributed by atoms with Gasteiger partial charge in [0.25, 0.3) is 0 Å². The number of furan rings is 1. The quantitative estimate of drug-likeness (QED) is 0.680. The number of methoxy groups -OCH3 is 1. The second-order valence-corrected chi connectivity index (χ2v) is 5.61. The normalized spacial score (nSPS) is 10.8. The van der Waals surface area contributed by atoms with Crippen LogP contribution in [0.5, 0.6) is 5.75 Å². The Hall–Kier alpha value is -3.54. The fourth-order valence-corrected chi connectivity index (χ4v) is 2.50. The Bertz CT molecular complexity index is 955. The second-order valence-electron chi connectivity index (χ2n) is 5.61. The first-order valence-electron chi connectivity index (χ1n) is 7.98. The van der Waals surface area contributed by atoms with Crippen LogP contribution in [0.3, 0.4) is 0 Å². The van der Waals surface area contributed by atoms with Gasteiger partial charge in [-0.25, -0.2) is 0 Å². The van der Waals surface area contributed by atoms with Gasteiger partial charge in [-0.15, -0.1) is 0 Å². The number of fused-ring (bicyclic) bond motifs is 1. The lowest BCUT2D eigenvalue weighted by atomic mass is 10.2. The SMILES string of the molecule is COc1ccc(NC(=O)/C=C/c2cc3ccccc3o2)cc1NC(C)=O. The first-order chi connectivity index (χ1) is 12.5. The van der Waals surface area contributed by atoms with E-state index in [2.05, 4.69) is 10.6 Å². The summed E-state index contributed by atoms with van der Waals surface area (Å²) in [6.07, 6.45) is 2.99. The Labute approximate surface area is 150 Å². The minimum absolute atomic E-state index is 0.225. The molecule has 0 aliphatic rings. The number of amides is 2. The van der Waals surface area contributed by atoms with Crippen molar-refractivity contribution in [2.45, 2.75) is 6.92 Å². The van der Waals surface area contributed by atoms with Crippen LogP contribution in [-0.2, 0) is 9.59 Å². The van der Waals surface area contributed by atoms with E-state index in [0.29, 0.717) is 22.9 Å². The van der Waals surface area contributed by atoms with Crippen LogP contribution in [-0.4, -0.2) is 18.9 Å². The molecular formula is C20H18N2O4. The highest BCUT2D eigenvalue weighted by Gasteiger charge is 2.07. The largest absolute Gasteiger partial charge is 0.495 e. The highest BCUT2D eigenvalue weighted by Crippen LogP contribution is 2.28. The molecule has 1 aromatic heterocycles. The lowest BCUT2D eigenvalue weighted by molar-refractivity contribution is -0.114. The van der Waals surface area contributed by atoms with E-state index in [0.717, 1.165) is 11.0 Å². The number of nitrogens with one attached hydrogen (secondary N) is 2. The van der Waals surface area contributed by atoms with Gasteiger partial charge in [0.05, 0.1) is 12.8 Å². The lowest BCUT2D eigenvalue weighted by Gasteiger charge is -2.11. The zero-order valence-corrected chi connectivity index (χ0v) is 14.4. The molecule has 2 aromatic carbocycles. The zero-order chi connectivity index (χ0) is 18.5. The van der Waals surface area contributed by atoms with Crippen molar-refractivity contribution < 1.29 is 18.7 Å². The van der Waals surface area contributed by atoms with Crippen LogP contribution in [0.4, 0.5) is 11.4 Å². The van der Waals surface area contributed by atoms with Crippen LogP contribution in [0, 0.1) is 0 Å². The number of anilines is 2. The van der Waals surface area contributed by atoms with Crippen LogP contribution in [0.15, 0.2) is 59.0 Å². The number of carbonyl (C=O) groups is 2. The van der Waals surface area contributed by atoms with Gasteiger partial charge in [-0.1, -0.05) is 18.2 Å². The fraction of sp³-hybridized carbons (Fsp3) is 0.100. The van der Waals surface area contributed by atoms with Gasteiger partial charge in [-0.2, -0.15) is 0 Å². The van der Waals surface area contributed by atoms with E-state index in [9.17, 15) is 9.59 Å². The average molecular weight is 350 g/mol. The third-order valence-corrected chi connectivity index (χ3v) is 3.62. The fourth-order valence-electron chi connectivity index (χ4n) is 2.50. The third-order valence-electron chi connectivity index (χ3n) is 3.62. The molecular weight excluding hydrogens is 332 g/mol. The smallest absolute Gasteiger partial charge is 0.248 e. The Kier molecular flexibility index (Phi) is 5.03. The molecule has 1 heterocycles. The molecule has 0 saturated carbocycles. The summed E-state index contributed by atoms with van der Waals surface area (Å²) in [7, 11) is 1.51. The molecule has 0 fully saturated rings. The summed E-state index contributed by atoms with van der Waals surface area (Å²) in [6.45, 7) is 1.40. The molecule has 3 rings (SSSR count).